The number of phenolic OH excluding ortho intramolecular Hbond substituents is 1. The average molecular weight is 291 g/mol. The zero-order valence-electron chi connectivity index (χ0n) is 9.64. The Morgan fingerprint density at radius 2 is 2.00 bits per heavy atom. The molecule has 0 aliphatic carbocycles. The van der Waals surface area contributed by atoms with Crippen molar-refractivity contribution in [3.8, 4) is 11.8 Å². The molecule has 3 nitrogen and oxygen atoms in total. The fourth-order valence-electron chi connectivity index (χ4n) is 1.48. The van der Waals surface area contributed by atoms with E-state index in [1.807, 2.05) is 6.07 Å². The average Bonchev–Trinajstić information content (AvgIpc) is 2.41. The molecular formula is C14H8Cl2N2O. The highest BCUT2D eigenvalue weighted by atomic mass is 35.5. The molecule has 2 aromatic rings. The predicted molar refractivity (Wildman–Crippen MR) is 76.5 cm³/mol. The molecule has 0 amide bonds. The third kappa shape index (κ3) is 3.25. The van der Waals surface area contributed by atoms with Crippen molar-refractivity contribution < 1.29 is 5.11 Å². The Morgan fingerprint density at radius 3 is 2.74 bits per heavy atom. The minimum absolute atomic E-state index is 0.0775. The molecule has 1 N–H and O–H groups in total. The molecule has 0 heterocycles. The summed E-state index contributed by atoms with van der Waals surface area (Å²) in [6.45, 7) is 0. The van der Waals surface area contributed by atoms with E-state index in [1.54, 1.807) is 30.3 Å². The van der Waals surface area contributed by atoms with Gasteiger partial charge >= 0.3 is 0 Å². The van der Waals surface area contributed by atoms with Crippen LogP contribution in [0.15, 0.2) is 41.4 Å². The topological polar surface area (TPSA) is 56.4 Å². The SMILES string of the molecule is N#Cc1cccc(N=Cc2cc(Cl)cc(Cl)c2O)c1. The van der Waals surface area contributed by atoms with Crippen molar-refractivity contribution in [2.24, 2.45) is 4.99 Å². The van der Waals surface area contributed by atoms with Crippen LogP contribution in [0.3, 0.4) is 0 Å². The lowest BCUT2D eigenvalue weighted by molar-refractivity contribution is 0.475. The van der Waals surface area contributed by atoms with E-state index in [1.165, 1.54) is 12.3 Å². The normalized spacial score (nSPS) is 10.6. The number of nitrogens with zero attached hydrogens (tertiary/aromatic N) is 2. The summed E-state index contributed by atoms with van der Waals surface area (Å²) in [5.41, 5.74) is 1.54. The highest BCUT2D eigenvalue weighted by Crippen LogP contribution is 2.30. The molecule has 0 bridgehead atoms. The van der Waals surface area contributed by atoms with Crippen molar-refractivity contribution in [1.82, 2.24) is 0 Å². The van der Waals surface area contributed by atoms with Gasteiger partial charge in [-0.2, -0.15) is 5.26 Å². The number of hydrogen-bond donors (Lipinski definition) is 1. The zero-order chi connectivity index (χ0) is 13.8. The number of benzene rings is 2. The number of halogens is 2. The minimum Gasteiger partial charge on any atom is -0.506 e. The highest BCUT2D eigenvalue weighted by molar-refractivity contribution is 6.36. The van der Waals surface area contributed by atoms with E-state index >= 15 is 0 Å². The van der Waals surface area contributed by atoms with Crippen LogP contribution in [0.25, 0.3) is 0 Å². The molecule has 0 radical (unpaired) electrons. The van der Waals surface area contributed by atoms with Gasteiger partial charge in [0.05, 0.1) is 22.3 Å². The number of rotatable bonds is 2. The monoisotopic (exact) mass is 290 g/mol. The second-order valence-electron chi connectivity index (χ2n) is 3.75. The van der Waals surface area contributed by atoms with Crippen molar-refractivity contribution >= 4 is 35.1 Å². The summed E-state index contributed by atoms with van der Waals surface area (Å²) in [6.07, 6.45) is 1.45. The molecular weight excluding hydrogens is 283 g/mol. The molecule has 2 aromatic carbocycles. The molecule has 94 valence electrons. The second-order valence-corrected chi connectivity index (χ2v) is 4.59. The maximum atomic E-state index is 9.77. The van der Waals surface area contributed by atoms with Crippen LogP contribution in [0.5, 0.6) is 5.75 Å². The molecule has 0 aliphatic rings. The second kappa shape index (κ2) is 5.75. The summed E-state index contributed by atoms with van der Waals surface area (Å²) in [7, 11) is 0. The summed E-state index contributed by atoms with van der Waals surface area (Å²) in [4.78, 5) is 4.17. The maximum absolute atomic E-state index is 9.77. The van der Waals surface area contributed by atoms with E-state index in [-0.39, 0.29) is 10.8 Å². The molecule has 0 unspecified atom stereocenters. The third-order valence-electron chi connectivity index (χ3n) is 2.39. The molecule has 0 saturated carbocycles. The first-order chi connectivity index (χ1) is 9.10. The van der Waals surface area contributed by atoms with Crippen LogP contribution in [0.2, 0.25) is 10.0 Å². The van der Waals surface area contributed by atoms with Crippen LogP contribution in [-0.2, 0) is 0 Å². The van der Waals surface area contributed by atoms with E-state index in [4.69, 9.17) is 28.5 Å². The van der Waals surface area contributed by atoms with Gasteiger partial charge in [-0.1, -0.05) is 29.3 Å². The number of nitriles is 1. The van der Waals surface area contributed by atoms with Crippen LogP contribution in [0.4, 0.5) is 5.69 Å². The van der Waals surface area contributed by atoms with E-state index in [0.717, 1.165) is 0 Å². The summed E-state index contributed by atoms with van der Waals surface area (Å²) < 4.78 is 0. The summed E-state index contributed by atoms with van der Waals surface area (Å²) in [5, 5.41) is 19.1. The Morgan fingerprint density at radius 1 is 1.21 bits per heavy atom. The molecule has 5 heteroatoms. The van der Waals surface area contributed by atoms with Crippen molar-refractivity contribution in [3.05, 3.63) is 57.6 Å². The molecule has 0 spiro atoms. The molecule has 2 rings (SSSR count). The van der Waals surface area contributed by atoms with E-state index in [0.29, 0.717) is 21.8 Å². The van der Waals surface area contributed by atoms with Gasteiger partial charge in [0.2, 0.25) is 0 Å². The minimum atomic E-state index is -0.0775. The number of aromatic hydroxyl groups is 1. The van der Waals surface area contributed by atoms with Gasteiger partial charge in [-0.3, -0.25) is 4.99 Å². The summed E-state index contributed by atoms with van der Waals surface area (Å²) in [6, 6.07) is 11.8. The van der Waals surface area contributed by atoms with Gasteiger partial charge in [-0.25, -0.2) is 0 Å². The molecule has 0 aliphatic heterocycles. The molecule has 19 heavy (non-hydrogen) atoms. The fourth-order valence-corrected chi connectivity index (χ4v) is 1.99. The maximum Gasteiger partial charge on any atom is 0.143 e. The number of hydrogen-bond acceptors (Lipinski definition) is 3. The third-order valence-corrected chi connectivity index (χ3v) is 2.89. The Labute approximate surface area is 120 Å². The lowest BCUT2D eigenvalue weighted by Crippen LogP contribution is -1.84. The largest absolute Gasteiger partial charge is 0.506 e. The van der Waals surface area contributed by atoms with Gasteiger partial charge in [0.15, 0.2) is 0 Å². The smallest absolute Gasteiger partial charge is 0.143 e. The predicted octanol–water partition coefficient (Wildman–Crippen LogP) is 4.32. The summed E-state index contributed by atoms with van der Waals surface area (Å²) in [5.74, 6) is -0.0775. The highest BCUT2D eigenvalue weighted by Gasteiger charge is 2.05. The van der Waals surface area contributed by atoms with Crippen LogP contribution in [-0.4, -0.2) is 11.3 Å². The van der Waals surface area contributed by atoms with Gasteiger partial charge in [0.25, 0.3) is 0 Å². The Hall–Kier alpha value is -2.02. The molecule has 0 aromatic heterocycles. The lowest BCUT2D eigenvalue weighted by atomic mass is 10.2. The van der Waals surface area contributed by atoms with Gasteiger partial charge in [-0.15, -0.1) is 0 Å². The van der Waals surface area contributed by atoms with Crippen molar-refractivity contribution in [1.29, 1.82) is 5.26 Å². The van der Waals surface area contributed by atoms with Gasteiger partial charge in [0, 0.05) is 16.8 Å². The molecule has 0 fully saturated rings. The van der Waals surface area contributed by atoms with Crippen molar-refractivity contribution in [2.45, 2.75) is 0 Å². The van der Waals surface area contributed by atoms with Crippen molar-refractivity contribution in [2.75, 3.05) is 0 Å². The Balaban J connectivity index is 2.35. The number of aliphatic imine (C=N–C) groups is 1. The standard InChI is InChI=1S/C14H8Cl2N2O/c15-11-5-10(14(19)13(16)6-11)8-18-12-3-1-2-9(4-12)7-17/h1-6,8,19H. The first-order valence-corrected chi connectivity index (χ1v) is 6.08. The quantitative estimate of drug-likeness (QED) is 0.838. The van der Waals surface area contributed by atoms with Gasteiger partial charge in [-0.05, 0) is 30.3 Å². The van der Waals surface area contributed by atoms with E-state index in [9.17, 15) is 5.11 Å². The Bertz CT molecular complexity index is 690. The van der Waals surface area contributed by atoms with Crippen LogP contribution in [0.1, 0.15) is 11.1 Å². The van der Waals surface area contributed by atoms with Crippen LogP contribution < -0.4 is 0 Å². The van der Waals surface area contributed by atoms with Crippen molar-refractivity contribution in [3.63, 3.8) is 0 Å². The fraction of sp³-hybridized carbons (Fsp3) is 0. The first kappa shape index (κ1) is 13.4. The summed E-state index contributed by atoms with van der Waals surface area (Å²) >= 11 is 11.7. The molecule has 0 atom stereocenters. The van der Waals surface area contributed by atoms with E-state index < -0.39 is 0 Å². The van der Waals surface area contributed by atoms with Gasteiger partial charge in [0.1, 0.15) is 5.75 Å². The lowest BCUT2D eigenvalue weighted by Gasteiger charge is -2.02. The first-order valence-electron chi connectivity index (χ1n) is 5.32. The van der Waals surface area contributed by atoms with Crippen LogP contribution in [0, 0.1) is 11.3 Å². The molecule has 0 saturated heterocycles. The zero-order valence-corrected chi connectivity index (χ0v) is 11.2. The van der Waals surface area contributed by atoms with Crippen LogP contribution >= 0.6 is 23.2 Å². The van der Waals surface area contributed by atoms with Gasteiger partial charge < -0.3 is 5.11 Å². The number of phenols is 1. The van der Waals surface area contributed by atoms with E-state index in [2.05, 4.69) is 4.99 Å². The Kier molecular flexibility index (Phi) is 4.06.